The molecular weight excluding hydrogens is 328 g/mol. The van der Waals surface area contributed by atoms with Crippen molar-refractivity contribution in [3.63, 3.8) is 0 Å². The van der Waals surface area contributed by atoms with Crippen molar-refractivity contribution in [3.8, 4) is 0 Å². The first kappa shape index (κ1) is 18.6. The average molecular weight is 358 g/mol. The zero-order chi connectivity index (χ0) is 18.5. The topological polar surface area (TPSA) is 75.0 Å². The van der Waals surface area contributed by atoms with E-state index in [1.54, 1.807) is 0 Å². The molecule has 0 spiro atoms. The molecule has 26 heavy (non-hydrogen) atoms. The van der Waals surface area contributed by atoms with E-state index in [1.165, 1.54) is 0 Å². The van der Waals surface area contributed by atoms with Crippen molar-refractivity contribution in [1.82, 2.24) is 30.0 Å². The van der Waals surface area contributed by atoms with E-state index in [0.29, 0.717) is 6.04 Å². The molecule has 0 atom stereocenters. The Balaban J connectivity index is 1.54. The molecule has 0 bridgehead atoms. The molecule has 142 valence electrons. The van der Waals surface area contributed by atoms with Gasteiger partial charge in [0.05, 0.1) is 6.54 Å². The molecule has 0 saturated carbocycles. The van der Waals surface area contributed by atoms with Gasteiger partial charge in [0.1, 0.15) is 18.0 Å². The molecule has 3 heterocycles. The summed E-state index contributed by atoms with van der Waals surface area (Å²) in [5.41, 5.74) is 1.01. The highest BCUT2D eigenvalue weighted by Gasteiger charge is 2.21. The van der Waals surface area contributed by atoms with E-state index < -0.39 is 0 Å². The third-order valence-corrected chi connectivity index (χ3v) is 4.76. The van der Waals surface area contributed by atoms with Crippen LogP contribution in [0.15, 0.2) is 12.4 Å². The van der Waals surface area contributed by atoms with Crippen molar-refractivity contribution in [2.24, 2.45) is 0 Å². The van der Waals surface area contributed by atoms with Gasteiger partial charge in [-0.25, -0.2) is 4.98 Å². The van der Waals surface area contributed by atoms with Crippen molar-refractivity contribution in [1.29, 1.82) is 0 Å². The van der Waals surface area contributed by atoms with Crippen LogP contribution in [0.3, 0.4) is 0 Å². The maximum Gasteiger partial charge on any atom is 0.226 e. The number of rotatable bonds is 7. The van der Waals surface area contributed by atoms with Crippen molar-refractivity contribution >= 4 is 11.8 Å². The van der Waals surface area contributed by atoms with Crippen molar-refractivity contribution in [2.45, 2.75) is 52.2 Å². The quantitative estimate of drug-likeness (QED) is 0.806. The highest BCUT2D eigenvalue weighted by Crippen LogP contribution is 2.21. The Morgan fingerprint density at radius 1 is 1.23 bits per heavy atom. The number of aryl methyl sites for hydroxylation is 2. The highest BCUT2D eigenvalue weighted by molar-refractivity contribution is 5.45. The maximum absolute atomic E-state index is 4.70. The zero-order valence-electron chi connectivity index (χ0n) is 16.3. The van der Waals surface area contributed by atoms with Gasteiger partial charge in [0.25, 0.3) is 0 Å². The molecule has 0 unspecified atom stereocenters. The van der Waals surface area contributed by atoms with E-state index in [1.807, 2.05) is 32.2 Å². The van der Waals surface area contributed by atoms with E-state index in [9.17, 15) is 0 Å². The van der Waals surface area contributed by atoms with Gasteiger partial charge in [-0.3, -0.25) is 0 Å². The summed E-state index contributed by atoms with van der Waals surface area (Å²) in [4.78, 5) is 13.5. The smallest absolute Gasteiger partial charge is 0.226 e. The van der Waals surface area contributed by atoms with Crippen LogP contribution in [0.2, 0.25) is 0 Å². The van der Waals surface area contributed by atoms with Gasteiger partial charge in [-0.1, -0.05) is 6.92 Å². The van der Waals surface area contributed by atoms with E-state index in [4.69, 9.17) is 4.98 Å². The molecular formula is C18H30N8. The molecule has 3 rings (SSSR count). The number of nitrogens with zero attached hydrogens (tertiary/aromatic N) is 7. The second-order valence-corrected chi connectivity index (χ2v) is 7.14. The third kappa shape index (κ3) is 4.49. The van der Waals surface area contributed by atoms with Gasteiger partial charge < -0.3 is 19.7 Å². The highest BCUT2D eigenvalue weighted by atomic mass is 15.3. The largest absolute Gasteiger partial charge is 0.356 e. The average Bonchev–Trinajstić information content (AvgIpc) is 3.07. The molecule has 2 aromatic heterocycles. The lowest BCUT2D eigenvalue weighted by molar-refractivity contribution is 0.404. The summed E-state index contributed by atoms with van der Waals surface area (Å²) in [5, 5.41) is 11.9. The van der Waals surface area contributed by atoms with Crippen LogP contribution in [-0.2, 0) is 13.1 Å². The van der Waals surface area contributed by atoms with E-state index in [2.05, 4.69) is 43.0 Å². The van der Waals surface area contributed by atoms with Crippen molar-refractivity contribution in [2.75, 3.05) is 37.0 Å². The Labute approximate surface area is 155 Å². The Morgan fingerprint density at radius 3 is 2.69 bits per heavy atom. The second-order valence-electron chi connectivity index (χ2n) is 7.14. The van der Waals surface area contributed by atoms with Gasteiger partial charge in [0.2, 0.25) is 5.95 Å². The lowest BCUT2D eigenvalue weighted by Gasteiger charge is -2.33. The van der Waals surface area contributed by atoms with Crippen LogP contribution in [0.25, 0.3) is 0 Å². The van der Waals surface area contributed by atoms with Crippen molar-refractivity contribution in [3.05, 3.63) is 23.9 Å². The molecule has 1 saturated heterocycles. The van der Waals surface area contributed by atoms with Crippen LogP contribution < -0.4 is 15.1 Å². The van der Waals surface area contributed by atoms with Crippen molar-refractivity contribution < 1.29 is 0 Å². The fourth-order valence-corrected chi connectivity index (χ4v) is 3.29. The van der Waals surface area contributed by atoms with Gasteiger partial charge in [0.15, 0.2) is 0 Å². The SMILES string of the molecule is CCCn1cnnc1CNC1CCN(c2cc(C)nc(N(C)C)n2)CC1. The minimum atomic E-state index is 0.509. The first-order valence-corrected chi connectivity index (χ1v) is 9.45. The number of piperidine rings is 1. The monoisotopic (exact) mass is 358 g/mol. The Bertz CT molecular complexity index is 703. The van der Waals surface area contributed by atoms with E-state index >= 15 is 0 Å². The minimum Gasteiger partial charge on any atom is -0.356 e. The van der Waals surface area contributed by atoms with Crippen LogP contribution >= 0.6 is 0 Å². The first-order valence-electron chi connectivity index (χ1n) is 9.45. The van der Waals surface area contributed by atoms with E-state index in [0.717, 1.165) is 68.7 Å². The lowest BCUT2D eigenvalue weighted by Crippen LogP contribution is -2.43. The molecule has 1 fully saturated rings. The maximum atomic E-state index is 4.70. The summed E-state index contributed by atoms with van der Waals surface area (Å²) >= 11 is 0. The predicted octanol–water partition coefficient (Wildman–Crippen LogP) is 1.61. The number of aromatic nitrogens is 5. The van der Waals surface area contributed by atoms with Gasteiger partial charge in [0, 0.05) is 51.5 Å². The molecule has 8 heteroatoms. The summed E-state index contributed by atoms with van der Waals surface area (Å²) in [7, 11) is 3.96. The molecule has 1 N–H and O–H groups in total. The lowest BCUT2D eigenvalue weighted by atomic mass is 10.0. The van der Waals surface area contributed by atoms with Crippen LogP contribution in [0, 0.1) is 6.92 Å². The summed E-state index contributed by atoms with van der Waals surface area (Å²) < 4.78 is 2.13. The normalized spacial score (nSPS) is 15.5. The van der Waals surface area contributed by atoms with Gasteiger partial charge in [-0.15, -0.1) is 10.2 Å². The van der Waals surface area contributed by atoms with Crippen LogP contribution in [0.4, 0.5) is 11.8 Å². The van der Waals surface area contributed by atoms with Gasteiger partial charge in [-0.2, -0.15) is 4.98 Å². The summed E-state index contributed by atoms with van der Waals surface area (Å²) in [6, 6.07) is 2.59. The summed E-state index contributed by atoms with van der Waals surface area (Å²) in [5.74, 6) is 2.83. The molecule has 1 aliphatic heterocycles. The fourth-order valence-electron chi connectivity index (χ4n) is 3.29. The number of hydrogen-bond acceptors (Lipinski definition) is 7. The van der Waals surface area contributed by atoms with E-state index in [-0.39, 0.29) is 0 Å². The molecule has 0 amide bonds. The summed E-state index contributed by atoms with van der Waals surface area (Å²) in [6.45, 7) is 7.96. The number of nitrogens with one attached hydrogen (secondary N) is 1. The minimum absolute atomic E-state index is 0.509. The first-order chi connectivity index (χ1) is 12.6. The molecule has 0 aliphatic carbocycles. The van der Waals surface area contributed by atoms with Crippen LogP contribution in [0.1, 0.15) is 37.7 Å². The Kier molecular flexibility index (Phi) is 6.03. The molecule has 2 aromatic rings. The standard InChI is InChI=1S/C18H30N8/c1-5-8-26-13-20-23-17(26)12-19-15-6-9-25(10-7-15)16-11-14(2)21-18(22-16)24(3)4/h11,13,15,19H,5-10,12H2,1-4H3. The Hall–Kier alpha value is -2.22. The second kappa shape index (κ2) is 8.44. The van der Waals surface area contributed by atoms with Crippen LogP contribution in [0.5, 0.6) is 0 Å². The number of hydrogen-bond donors (Lipinski definition) is 1. The fraction of sp³-hybridized carbons (Fsp3) is 0.667. The van der Waals surface area contributed by atoms with Gasteiger partial charge >= 0.3 is 0 Å². The number of anilines is 2. The molecule has 1 aliphatic rings. The predicted molar refractivity (Wildman–Crippen MR) is 103 cm³/mol. The third-order valence-electron chi connectivity index (χ3n) is 4.76. The molecule has 0 aromatic carbocycles. The molecule has 8 nitrogen and oxygen atoms in total. The molecule has 0 radical (unpaired) electrons. The van der Waals surface area contributed by atoms with Gasteiger partial charge in [-0.05, 0) is 26.2 Å². The Morgan fingerprint density at radius 2 is 2.00 bits per heavy atom. The van der Waals surface area contributed by atoms with Crippen LogP contribution in [-0.4, -0.2) is 58.0 Å². The summed E-state index contributed by atoms with van der Waals surface area (Å²) in [6.07, 6.45) is 5.12. The zero-order valence-corrected chi connectivity index (χ0v) is 16.3.